The number of benzene rings is 1. The van der Waals surface area contributed by atoms with E-state index < -0.39 is 17.5 Å². The van der Waals surface area contributed by atoms with Crippen LogP contribution >= 0.6 is 0 Å². The van der Waals surface area contributed by atoms with Gasteiger partial charge in [-0.3, -0.25) is 24.5 Å². The van der Waals surface area contributed by atoms with Crippen molar-refractivity contribution in [1.82, 2.24) is 5.32 Å². The van der Waals surface area contributed by atoms with Crippen LogP contribution in [0.5, 0.6) is 5.75 Å². The second kappa shape index (κ2) is 8.99. The maximum atomic E-state index is 12.9. The van der Waals surface area contributed by atoms with Gasteiger partial charge < -0.3 is 9.47 Å². The molecule has 8 heteroatoms. The van der Waals surface area contributed by atoms with Crippen molar-refractivity contribution in [3.63, 3.8) is 0 Å². The van der Waals surface area contributed by atoms with Gasteiger partial charge in [0.1, 0.15) is 11.4 Å². The molecule has 1 aromatic rings. The molecule has 0 saturated carbocycles. The lowest BCUT2D eigenvalue weighted by molar-refractivity contribution is -0.157. The Labute approximate surface area is 180 Å². The van der Waals surface area contributed by atoms with Gasteiger partial charge in [0.25, 0.3) is 0 Å². The van der Waals surface area contributed by atoms with Crippen LogP contribution < -0.4 is 10.1 Å². The number of esters is 1. The van der Waals surface area contributed by atoms with E-state index in [4.69, 9.17) is 9.47 Å². The van der Waals surface area contributed by atoms with Gasteiger partial charge in [-0.25, -0.2) is 4.79 Å². The third kappa shape index (κ3) is 5.77. The maximum absolute atomic E-state index is 12.9. The number of rotatable bonds is 6. The van der Waals surface area contributed by atoms with E-state index in [1.807, 2.05) is 0 Å². The van der Waals surface area contributed by atoms with Crippen molar-refractivity contribution >= 4 is 29.4 Å². The van der Waals surface area contributed by atoms with Crippen LogP contribution in [0.25, 0.3) is 0 Å². The van der Waals surface area contributed by atoms with Gasteiger partial charge in [-0.2, -0.15) is 0 Å². The van der Waals surface area contributed by atoms with Gasteiger partial charge in [-0.1, -0.05) is 0 Å². The Morgan fingerprint density at radius 3 is 2.45 bits per heavy atom. The molecule has 1 aliphatic heterocycles. The molecule has 166 valence electrons. The number of nitrogens with one attached hydrogen (secondary N) is 1. The molecule has 2 atom stereocenters. The Bertz CT molecular complexity index is 928. The summed E-state index contributed by atoms with van der Waals surface area (Å²) in [6.45, 7) is 4.97. The van der Waals surface area contributed by atoms with Crippen LogP contribution in [0.3, 0.4) is 0 Å². The van der Waals surface area contributed by atoms with Gasteiger partial charge in [0.15, 0.2) is 18.2 Å². The first-order chi connectivity index (χ1) is 14.5. The molecule has 1 aromatic carbocycles. The normalized spacial score (nSPS) is 21.4. The van der Waals surface area contributed by atoms with E-state index in [1.165, 1.54) is 12.1 Å². The van der Waals surface area contributed by atoms with Gasteiger partial charge in [0.05, 0.1) is 0 Å². The number of hydrogen-bond acceptors (Lipinski definition) is 7. The number of Topliss-reactive ketones (excluding diaryl/α,β-unsaturated/α-hetero) is 2. The molecule has 2 unspecified atom stereocenters. The van der Waals surface area contributed by atoms with Gasteiger partial charge in [0, 0.05) is 35.8 Å². The first-order valence-electron chi connectivity index (χ1n) is 10.4. The average Bonchev–Trinajstić information content (AvgIpc) is 2.68. The molecule has 2 amide bonds. The van der Waals surface area contributed by atoms with Crippen molar-refractivity contribution in [1.29, 1.82) is 0 Å². The van der Waals surface area contributed by atoms with Crippen LogP contribution in [0.2, 0.25) is 0 Å². The zero-order chi connectivity index (χ0) is 22.8. The summed E-state index contributed by atoms with van der Waals surface area (Å²) in [5.41, 5.74) is -0.0141. The van der Waals surface area contributed by atoms with Crippen LogP contribution in [-0.2, 0) is 19.1 Å². The predicted molar refractivity (Wildman–Crippen MR) is 110 cm³/mol. The average molecular weight is 429 g/mol. The summed E-state index contributed by atoms with van der Waals surface area (Å²) in [5.74, 6) is -1.91. The second-order valence-electron chi connectivity index (χ2n) is 9.00. The monoisotopic (exact) mass is 429 g/mol. The standard InChI is InChI=1S/C23H27NO7/c1-23(2,3)31-20(27)12-30-15-7-8-16-17(11-15)18(25)10-14(21(16)28)5-4-13-6-9-19(26)24-22(13)29/h7-8,11,13-14H,4-6,9-10,12H2,1-3H3,(H,24,26,29). The molecule has 1 heterocycles. The Balaban J connectivity index is 1.61. The highest BCUT2D eigenvalue weighted by atomic mass is 16.6. The lowest BCUT2D eigenvalue weighted by Crippen LogP contribution is -2.41. The number of hydrogen-bond donors (Lipinski definition) is 1. The van der Waals surface area contributed by atoms with E-state index in [1.54, 1.807) is 26.8 Å². The first-order valence-corrected chi connectivity index (χ1v) is 10.4. The van der Waals surface area contributed by atoms with E-state index >= 15 is 0 Å². The molecule has 0 spiro atoms. The van der Waals surface area contributed by atoms with Gasteiger partial charge in [-0.15, -0.1) is 0 Å². The van der Waals surface area contributed by atoms with Gasteiger partial charge in [0.2, 0.25) is 11.8 Å². The number of amides is 2. The summed E-state index contributed by atoms with van der Waals surface area (Å²) >= 11 is 0. The van der Waals surface area contributed by atoms with Crippen molar-refractivity contribution in [2.75, 3.05) is 6.61 Å². The molecular weight excluding hydrogens is 402 g/mol. The van der Waals surface area contributed by atoms with Crippen LogP contribution in [0.1, 0.15) is 73.6 Å². The Morgan fingerprint density at radius 2 is 1.77 bits per heavy atom. The highest BCUT2D eigenvalue weighted by molar-refractivity contribution is 6.15. The number of imide groups is 1. The Hall–Kier alpha value is -3.03. The van der Waals surface area contributed by atoms with Crippen LogP contribution in [0, 0.1) is 11.8 Å². The van der Waals surface area contributed by atoms with Crippen LogP contribution in [0.15, 0.2) is 18.2 Å². The number of ether oxygens (including phenoxy) is 2. The van der Waals surface area contributed by atoms with Crippen LogP contribution in [-0.4, -0.2) is 41.6 Å². The molecular formula is C23H27NO7. The molecule has 0 bridgehead atoms. The summed E-state index contributed by atoms with van der Waals surface area (Å²) in [6, 6.07) is 4.57. The number of ketones is 2. The molecule has 8 nitrogen and oxygen atoms in total. The van der Waals surface area contributed by atoms with E-state index in [9.17, 15) is 24.0 Å². The van der Waals surface area contributed by atoms with E-state index in [0.29, 0.717) is 37.0 Å². The molecule has 1 aliphatic carbocycles. The lowest BCUT2D eigenvalue weighted by Gasteiger charge is -2.26. The molecule has 2 aliphatic rings. The molecule has 1 fully saturated rings. The summed E-state index contributed by atoms with van der Waals surface area (Å²) in [4.78, 5) is 60.5. The van der Waals surface area contributed by atoms with Crippen molar-refractivity contribution < 1.29 is 33.4 Å². The third-order valence-electron chi connectivity index (χ3n) is 5.35. The first kappa shape index (κ1) is 22.7. The molecule has 0 radical (unpaired) electrons. The molecule has 1 saturated heterocycles. The number of carbonyl (C=O) groups excluding carboxylic acids is 5. The fourth-order valence-electron chi connectivity index (χ4n) is 3.87. The minimum absolute atomic E-state index is 0.0641. The van der Waals surface area contributed by atoms with Crippen molar-refractivity contribution in [2.24, 2.45) is 11.8 Å². The topological polar surface area (TPSA) is 116 Å². The highest BCUT2D eigenvalue weighted by Crippen LogP contribution is 2.32. The van der Waals surface area contributed by atoms with Crippen molar-refractivity contribution in [3.05, 3.63) is 29.3 Å². The van der Waals surface area contributed by atoms with Crippen molar-refractivity contribution in [3.8, 4) is 5.75 Å². The summed E-state index contributed by atoms with van der Waals surface area (Å²) in [6.07, 6.45) is 1.69. The zero-order valence-corrected chi connectivity index (χ0v) is 18.0. The highest BCUT2D eigenvalue weighted by Gasteiger charge is 2.34. The zero-order valence-electron chi connectivity index (χ0n) is 18.0. The largest absolute Gasteiger partial charge is 0.482 e. The van der Waals surface area contributed by atoms with E-state index in [0.717, 1.165) is 0 Å². The smallest absolute Gasteiger partial charge is 0.344 e. The van der Waals surface area contributed by atoms with Crippen LogP contribution in [0.4, 0.5) is 0 Å². The third-order valence-corrected chi connectivity index (χ3v) is 5.35. The van der Waals surface area contributed by atoms with E-state index in [-0.39, 0.29) is 47.9 Å². The van der Waals surface area contributed by atoms with Crippen molar-refractivity contribution in [2.45, 2.75) is 58.5 Å². The Morgan fingerprint density at radius 1 is 1.06 bits per heavy atom. The summed E-state index contributed by atoms with van der Waals surface area (Å²) < 4.78 is 10.6. The number of fused-ring (bicyclic) bond motifs is 1. The number of piperidine rings is 1. The molecule has 1 N–H and O–H groups in total. The molecule has 31 heavy (non-hydrogen) atoms. The summed E-state index contributed by atoms with van der Waals surface area (Å²) in [5, 5.41) is 2.31. The van der Waals surface area contributed by atoms with E-state index in [2.05, 4.69) is 5.32 Å². The predicted octanol–water partition coefficient (Wildman–Crippen LogP) is 2.63. The minimum atomic E-state index is -0.623. The maximum Gasteiger partial charge on any atom is 0.344 e. The summed E-state index contributed by atoms with van der Waals surface area (Å²) in [7, 11) is 0. The fourth-order valence-corrected chi connectivity index (χ4v) is 3.87. The molecule has 0 aromatic heterocycles. The number of carbonyl (C=O) groups is 5. The van der Waals surface area contributed by atoms with Gasteiger partial charge >= 0.3 is 5.97 Å². The minimum Gasteiger partial charge on any atom is -0.482 e. The Kier molecular flexibility index (Phi) is 6.57. The van der Waals surface area contributed by atoms with Gasteiger partial charge in [-0.05, 0) is 58.2 Å². The lowest BCUT2D eigenvalue weighted by atomic mass is 9.78. The molecule has 3 rings (SSSR count). The fraction of sp³-hybridized carbons (Fsp3) is 0.522. The SMILES string of the molecule is CC(C)(C)OC(=O)COc1ccc2c(c1)C(=O)CC(CCC1CCC(=O)NC1=O)C2=O. The quantitative estimate of drug-likeness (QED) is 0.546. The second-order valence-corrected chi connectivity index (χ2v) is 9.00.